The highest BCUT2D eigenvalue weighted by molar-refractivity contribution is 6.02. The maximum Gasteiger partial charge on any atom is 0.165 e. The van der Waals surface area contributed by atoms with Crippen molar-refractivity contribution in [2.75, 3.05) is 12.8 Å². The number of para-hydroxylation sites is 1. The van der Waals surface area contributed by atoms with E-state index in [9.17, 15) is 9.18 Å². The van der Waals surface area contributed by atoms with E-state index in [4.69, 9.17) is 15.5 Å². The Labute approximate surface area is 161 Å². The minimum Gasteiger partial charge on any atom is -0.494 e. The third kappa shape index (κ3) is 2.48. The lowest BCUT2D eigenvalue weighted by molar-refractivity contribution is -0.112. The Hall–Kier alpha value is -2.99. The predicted molar refractivity (Wildman–Crippen MR) is 105 cm³/mol. The van der Waals surface area contributed by atoms with Crippen LogP contribution in [0.2, 0.25) is 0 Å². The molecule has 0 spiro atoms. The number of hydrogen-bond acceptors (Lipinski definition) is 5. The molecule has 5 nitrogen and oxygen atoms in total. The van der Waals surface area contributed by atoms with E-state index in [-0.39, 0.29) is 11.8 Å². The number of aldehydes is 1. The Morgan fingerprint density at radius 3 is 2.82 bits per heavy atom. The second-order valence-corrected chi connectivity index (χ2v) is 7.42. The van der Waals surface area contributed by atoms with Gasteiger partial charge >= 0.3 is 0 Å². The summed E-state index contributed by atoms with van der Waals surface area (Å²) in [5.41, 5.74) is 11.3. The van der Waals surface area contributed by atoms with Crippen LogP contribution in [0.3, 0.4) is 0 Å². The quantitative estimate of drug-likeness (QED) is 0.700. The van der Waals surface area contributed by atoms with E-state index in [2.05, 4.69) is 4.90 Å². The first-order valence-electron chi connectivity index (χ1n) is 9.38. The minimum atomic E-state index is -0.409. The molecule has 0 amide bonds. The monoisotopic (exact) mass is 377 g/mol. The Bertz CT molecular complexity index is 1110. The number of pyridine rings is 1. The van der Waals surface area contributed by atoms with Crippen LogP contribution in [-0.4, -0.2) is 29.3 Å². The van der Waals surface area contributed by atoms with Crippen molar-refractivity contribution >= 4 is 22.9 Å². The van der Waals surface area contributed by atoms with Gasteiger partial charge in [0.1, 0.15) is 6.29 Å². The van der Waals surface area contributed by atoms with Crippen molar-refractivity contribution in [1.29, 1.82) is 0 Å². The van der Waals surface area contributed by atoms with Crippen LogP contribution in [0.5, 0.6) is 5.75 Å². The van der Waals surface area contributed by atoms with Crippen molar-refractivity contribution in [3.63, 3.8) is 0 Å². The number of nitrogens with zero attached hydrogens (tertiary/aromatic N) is 2. The van der Waals surface area contributed by atoms with Crippen LogP contribution >= 0.6 is 0 Å². The van der Waals surface area contributed by atoms with Gasteiger partial charge in [0.25, 0.3) is 0 Å². The number of hydrogen-bond donors (Lipinski definition) is 1. The van der Waals surface area contributed by atoms with Gasteiger partial charge in [-0.1, -0.05) is 24.3 Å². The molecule has 2 aromatic carbocycles. The van der Waals surface area contributed by atoms with Gasteiger partial charge in [0, 0.05) is 34.8 Å². The molecule has 3 aromatic rings. The number of fused-ring (bicyclic) bond motifs is 2. The maximum atomic E-state index is 13.9. The van der Waals surface area contributed by atoms with Crippen LogP contribution < -0.4 is 10.5 Å². The molecule has 1 atom stereocenters. The van der Waals surface area contributed by atoms with Crippen molar-refractivity contribution in [2.24, 2.45) is 0 Å². The lowest BCUT2D eigenvalue weighted by Gasteiger charge is -2.19. The van der Waals surface area contributed by atoms with Crippen molar-refractivity contribution in [3.8, 4) is 16.9 Å². The average molecular weight is 377 g/mol. The molecule has 1 fully saturated rings. The SMILES string of the molecule is COc1cc(-c2cccc3c(N)c4c(nc23)CN(C2CC2)C4C=O)ccc1F. The van der Waals surface area contributed by atoms with Gasteiger partial charge in [-0.15, -0.1) is 0 Å². The third-order valence-electron chi connectivity index (χ3n) is 5.77. The predicted octanol–water partition coefficient (Wildman–Crippen LogP) is 3.85. The molecular formula is C22H20FN3O2. The molecule has 2 aliphatic rings. The Morgan fingerprint density at radius 2 is 2.11 bits per heavy atom. The molecule has 6 heteroatoms. The van der Waals surface area contributed by atoms with E-state index in [1.54, 1.807) is 12.1 Å². The Balaban J connectivity index is 1.71. The normalized spacial score (nSPS) is 19.0. The first-order chi connectivity index (χ1) is 13.6. The molecule has 1 saturated carbocycles. The van der Waals surface area contributed by atoms with Crippen molar-refractivity contribution in [2.45, 2.75) is 31.5 Å². The third-order valence-corrected chi connectivity index (χ3v) is 5.77. The molecule has 1 aliphatic carbocycles. The first-order valence-corrected chi connectivity index (χ1v) is 9.38. The van der Waals surface area contributed by atoms with Crippen LogP contribution in [0.1, 0.15) is 30.1 Å². The number of nitrogen functional groups attached to an aromatic ring is 1. The van der Waals surface area contributed by atoms with Crippen LogP contribution in [0.4, 0.5) is 10.1 Å². The number of halogens is 1. The standard InChI is InChI=1S/C22H20FN3O2/c1-28-19-9-12(5-8-16(19)23)14-3-2-4-15-21(24)20-17(25-22(14)15)10-26(13-6-7-13)18(20)11-27/h2-5,8-9,11,13,18H,6-7,10H2,1H3,(H2,24,25). The zero-order valence-corrected chi connectivity index (χ0v) is 15.5. The molecule has 1 aromatic heterocycles. The van der Waals surface area contributed by atoms with Gasteiger partial charge in [-0.25, -0.2) is 4.39 Å². The number of nitrogens with two attached hydrogens (primary N) is 1. The number of carbonyl (C=O) groups is 1. The summed E-state index contributed by atoms with van der Waals surface area (Å²) in [6, 6.07) is 10.6. The largest absolute Gasteiger partial charge is 0.494 e. The summed E-state index contributed by atoms with van der Waals surface area (Å²) in [6.45, 7) is 0.630. The minimum absolute atomic E-state index is 0.185. The molecule has 2 heterocycles. The van der Waals surface area contributed by atoms with E-state index in [0.717, 1.165) is 52.4 Å². The van der Waals surface area contributed by atoms with Crippen LogP contribution in [0.25, 0.3) is 22.0 Å². The highest BCUT2D eigenvalue weighted by Crippen LogP contribution is 2.45. The average Bonchev–Trinajstić information content (AvgIpc) is 3.49. The van der Waals surface area contributed by atoms with Gasteiger partial charge in [0.2, 0.25) is 0 Å². The highest BCUT2D eigenvalue weighted by Gasteiger charge is 2.42. The molecule has 28 heavy (non-hydrogen) atoms. The number of carbonyl (C=O) groups excluding carboxylic acids is 1. The van der Waals surface area contributed by atoms with Crippen LogP contribution in [0.15, 0.2) is 36.4 Å². The van der Waals surface area contributed by atoms with E-state index in [1.807, 2.05) is 18.2 Å². The van der Waals surface area contributed by atoms with Gasteiger partial charge in [-0.05, 0) is 30.5 Å². The van der Waals surface area contributed by atoms with E-state index < -0.39 is 5.82 Å². The lowest BCUT2D eigenvalue weighted by atomic mass is 9.97. The number of anilines is 1. The molecule has 0 bridgehead atoms. The van der Waals surface area contributed by atoms with Crippen LogP contribution in [-0.2, 0) is 11.3 Å². The number of ether oxygens (including phenoxy) is 1. The first kappa shape index (κ1) is 17.1. The van der Waals surface area contributed by atoms with E-state index >= 15 is 0 Å². The maximum absolute atomic E-state index is 13.9. The number of benzene rings is 2. The smallest absolute Gasteiger partial charge is 0.165 e. The fraction of sp³-hybridized carbons (Fsp3) is 0.273. The number of aromatic nitrogens is 1. The van der Waals surface area contributed by atoms with Gasteiger partial charge < -0.3 is 15.3 Å². The van der Waals surface area contributed by atoms with E-state index in [0.29, 0.717) is 18.3 Å². The zero-order valence-electron chi connectivity index (χ0n) is 15.5. The molecule has 0 saturated heterocycles. The summed E-state index contributed by atoms with van der Waals surface area (Å²) in [6.07, 6.45) is 3.19. The fourth-order valence-electron chi connectivity index (χ4n) is 4.23. The van der Waals surface area contributed by atoms with E-state index in [1.165, 1.54) is 13.2 Å². The molecule has 5 rings (SSSR count). The lowest BCUT2D eigenvalue weighted by Crippen LogP contribution is -2.25. The van der Waals surface area contributed by atoms with Crippen LogP contribution in [0, 0.1) is 5.82 Å². The van der Waals surface area contributed by atoms with Crippen molar-refractivity contribution < 1.29 is 13.9 Å². The molecule has 2 N–H and O–H groups in total. The molecule has 1 unspecified atom stereocenters. The van der Waals surface area contributed by atoms with Crippen molar-refractivity contribution in [1.82, 2.24) is 9.88 Å². The highest BCUT2D eigenvalue weighted by atomic mass is 19.1. The number of rotatable bonds is 4. The summed E-state index contributed by atoms with van der Waals surface area (Å²) >= 11 is 0. The topological polar surface area (TPSA) is 68.5 Å². The second-order valence-electron chi connectivity index (χ2n) is 7.42. The summed E-state index contributed by atoms with van der Waals surface area (Å²) in [5, 5.41) is 0.809. The summed E-state index contributed by atoms with van der Waals surface area (Å²) in [5.74, 6) is -0.224. The van der Waals surface area contributed by atoms with Gasteiger partial charge in [0.15, 0.2) is 11.6 Å². The Kier molecular flexibility index (Phi) is 3.84. The second kappa shape index (κ2) is 6.27. The Morgan fingerprint density at radius 1 is 1.29 bits per heavy atom. The van der Waals surface area contributed by atoms with Gasteiger partial charge in [-0.2, -0.15) is 0 Å². The summed E-state index contributed by atoms with van der Waals surface area (Å²) in [7, 11) is 1.44. The molecule has 0 radical (unpaired) electrons. The molecule has 1 aliphatic heterocycles. The van der Waals surface area contributed by atoms with Gasteiger partial charge in [0.05, 0.1) is 24.4 Å². The van der Waals surface area contributed by atoms with Gasteiger partial charge in [-0.3, -0.25) is 9.88 Å². The molecule has 142 valence electrons. The summed E-state index contributed by atoms with van der Waals surface area (Å²) in [4.78, 5) is 18.9. The number of methoxy groups -OCH3 is 1. The summed E-state index contributed by atoms with van der Waals surface area (Å²) < 4.78 is 19.0. The fourth-order valence-corrected chi connectivity index (χ4v) is 4.23. The zero-order chi connectivity index (χ0) is 19.4. The molecular weight excluding hydrogens is 357 g/mol. The van der Waals surface area contributed by atoms with Crippen molar-refractivity contribution in [3.05, 3.63) is 53.5 Å².